The van der Waals surface area contributed by atoms with Crippen LogP contribution in [0, 0.1) is 0 Å². The third kappa shape index (κ3) is 3.49. The normalized spacial score (nSPS) is 22.9. The average molecular weight is 373 g/mol. The molecular formula is C15H24N4O3S2. The third-order valence-electron chi connectivity index (χ3n) is 4.57. The van der Waals surface area contributed by atoms with Gasteiger partial charge in [-0.25, -0.2) is 8.42 Å². The highest BCUT2D eigenvalue weighted by Crippen LogP contribution is 2.23. The lowest BCUT2D eigenvalue weighted by Crippen LogP contribution is -2.41. The predicted molar refractivity (Wildman–Crippen MR) is 94.9 cm³/mol. The first-order valence-corrected chi connectivity index (χ1v) is 10.9. The van der Waals surface area contributed by atoms with Crippen molar-refractivity contribution in [3.8, 4) is 0 Å². The van der Waals surface area contributed by atoms with Crippen molar-refractivity contribution >= 4 is 27.7 Å². The number of sulfonamides is 1. The molecule has 1 unspecified atom stereocenters. The Morgan fingerprint density at radius 1 is 1.38 bits per heavy atom. The molecule has 2 aliphatic heterocycles. The fourth-order valence-corrected chi connectivity index (χ4v) is 5.86. The molecule has 7 nitrogen and oxygen atoms in total. The smallest absolute Gasteiger partial charge is 0.270 e. The van der Waals surface area contributed by atoms with Gasteiger partial charge in [-0.3, -0.25) is 4.79 Å². The molecule has 2 saturated heterocycles. The lowest BCUT2D eigenvalue weighted by atomic mass is 10.2. The molecule has 0 saturated carbocycles. The molecule has 0 aromatic carbocycles. The number of rotatable bonds is 5. The van der Waals surface area contributed by atoms with E-state index in [0.717, 1.165) is 37.4 Å². The molecule has 2 aliphatic rings. The van der Waals surface area contributed by atoms with Crippen molar-refractivity contribution in [1.82, 2.24) is 19.5 Å². The van der Waals surface area contributed by atoms with E-state index in [9.17, 15) is 13.2 Å². The van der Waals surface area contributed by atoms with Gasteiger partial charge in [0.2, 0.25) is 10.0 Å². The molecule has 1 aromatic heterocycles. The first-order chi connectivity index (χ1) is 11.5. The molecule has 0 spiro atoms. The number of aromatic nitrogens is 1. The lowest BCUT2D eigenvalue weighted by molar-refractivity contribution is 0.0731. The van der Waals surface area contributed by atoms with Gasteiger partial charge in [0.15, 0.2) is 0 Å². The minimum Gasteiger partial charge on any atom is -0.356 e. The number of hydrogen-bond acceptors (Lipinski definition) is 5. The summed E-state index contributed by atoms with van der Waals surface area (Å²) in [6.45, 7) is 2.52. The highest BCUT2D eigenvalue weighted by Gasteiger charge is 2.32. The maximum atomic E-state index is 12.7. The molecule has 0 bridgehead atoms. The van der Waals surface area contributed by atoms with Crippen molar-refractivity contribution in [2.24, 2.45) is 0 Å². The fraction of sp³-hybridized carbons (Fsp3) is 0.667. The van der Waals surface area contributed by atoms with Crippen LogP contribution < -0.4 is 5.32 Å². The van der Waals surface area contributed by atoms with Gasteiger partial charge in [-0.2, -0.15) is 16.1 Å². The van der Waals surface area contributed by atoms with E-state index >= 15 is 0 Å². The molecule has 1 aromatic rings. The molecule has 24 heavy (non-hydrogen) atoms. The van der Waals surface area contributed by atoms with Crippen LogP contribution in [-0.2, 0) is 10.0 Å². The molecule has 1 atom stereocenters. The van der Waals surface area contributed by atoms with Crippen LogP contribution in [0.2, 0.25) is 0 Å². The zero-order chi connectivity index (χ0) is 17.2. The van der Waals surface area contributed by atoms with E-state index in [2.05, 4.69) is 10.3 Å². The van der Waals surface area contributed by atoms with E-state index < -0.39 is 10.0 Å². The SMILES string of the molecule is CNCC1CCCN1C(=O)c1cc(S(=O)(=O)N2CCSCC2)c[nH]1. The van der Waals surface area contributed by atoms with Crippen molar-refractivity contribution in [3.05, 3.63) is 18.0 Å². The maximum absolute atomic E-state index is 12.7. The summed E-state index contributed by atoms with van der Waals surface area (Å²) in [5, 5.41) is 3.11. The molecule has 3 rings (SSSR count). The molecule has 2 N–H and O–H groups in total. The Labute approximate surface area is 147 Å². The van der Waals surface area contributed by atoms with Crippen LogP contribution in [0.15, 0.2) is 17.2 Å². The van der Waals surface area contributed by atoms with Crippen molar-refractivity contribution in [2.75, 3.05) is 44.7 Å². The Kier molecular flexibility index (Phi) is 5.53. The molecule has 134 valence electrons. The number of nitrogens with one attached hydrogen (secondary N) is 2. The number of nitrogens with zero attached hydrogens (tertiary/aromatic N) is 2. The van der Waals surface area contributed by atoms with Crippen LogP contribution >= 0.6 is 11.8 Å². The molecular weight excluding hydrogens is 348 g/mol. The predicted octanol–water partition coefficient (Wildman–Crippen LogP) is 0.576. The Morgan fingerprint density at radius 3 is 2.83 bits per heavy atom. The van der Waals surface area contributed by atoms with Crippen LogP contribution in [0.25, 0.3) is 0 Å². The largest absolute Gasteiger partial charge is 0.356 e. The van der Waals surface area contributed by atoms with E-state index in [-0.39, 0.29) is 16.8 Å². The minimum absolute atomic E-state index is 0.122. The van der Waals surface area contributed by atoms with Gasteiger partial charge < -0.3 is 15.2 Å². The van der Waals surface area contributed by atoms with Gasteiger partial charge >= 0.3 is 0 Å². The minimum atomic E-state index is -3.52. The molecule has 1 amide bonds. The Bertz CT molecular complexity index is 683. The van der Waals surface area contributed by atoms with Crippen molar-refractivity contribution in [3.63, 3.8) is 0 Å². The van der Waals surface area contributed by atoms with Crippen molar-refractivity contribution in [1.29, 1.82) is 0 Å². The number of carbonyl (C=O) groups excluding carboxylic acids is 1. The molecule has 3 heterocycles. The van der Waals surface area contributed by atoms with Crippen LogP contribution in [0.5, 0.6) is 0 Å². The van der Waals surface area contributed by atoms with Gasteiger partial charge in [0.05, 0.1) is 0 Å². The van der Waals surface area contributed by atoms with Crippen LogP contribution in [-0.4, -0.2) is 79.3 Å². The van der Waals surface area contributed by atoms with E-state index in [1.807, 2.05) is 11.9 Å². The van der Waals surface area contributed by atoms with Gasteiger partial charge in [0.25, 0.3) is 5.91 Å². The molecule has 0 radical (unpaired) electrons. The summed E-state index contributed by atoms with van der Waals surface area (Å²) < 4.78 is 26.8. The second-order valence-electron chi connectivity index (χ2n) is 6.12. The molecule has 2 fully saturated rings. The zero-order valence-corrected chi connectivity index (χ0v) is 15.5. The van der Waals surface area contributed by atoms with Crippen LogP contribution in [0.3, 0.4) is 0 Å². The highest BCUT2D eigenvalue weighted by atomic mass is 32.2. The van der Waals surface area contributed by atoms with Crippen LogP contribution in [0.4, 0.5) is 0 Å². The van der Waals surface area contributed by atoms with E-state index in [0.29, 0.717) is 18.8 Å². The van der Waals surface area contributed by atoms with Gasteiger partial charge in [0, 0.05) is 49.9 Å². The summed E-state index contributed by atoms with van der Waals surface area (Å²) in [7, 11) is -1.64. The molecule has 9 heteroatoms. The van der Waals surface area contributed by atoms with Crippen molar-refractivity contribution in [2.45, 2.75) is 23.8 Å². The number of likely N-dealkylation sites (N-methyl/N-ethyl adjacent to an activating group) is 1. The second-order valence-corrected chi connectivity index (χ2v) is 9.28. The first-order valence-electron chi connectivity index (χ1n) is 8.26. The summed E-state index contributed by atoms with van der Waals surface area (Å²) >= 11 is 1.76. The maximum Gasteiger partial charge on any atom is 0.270 e. The fourth-order valence-electron chi connectivity index (χ4n) is 3.29. The average Bonchev–Trinajstić information content (AvgIpc) is 3.25. The lowest BCUT2D eigenvalue weighted by Gasteiger charge is -2.25. The number of hydrogen-bond donors (Lipinski definition) is 2. The number of aromatic amines is 1. The van der Waals surface area contributed by atoms with E-state index in [4.69, 9.17) is 0 Å². The third-order valence-corrected chi connectivity index (χ3v) is 7.39. The number of amides is 1. The summed E-state index contributed by atoms with van der Waals surface area (Å²) in [5.74, 6) is 1.51. The van der Waals surface area contributed by atoms with E-state index in [1.54, 1.807) is 11.8 Å². The Balaban J connectivity index is 1.76. The monoisotopic (exact) mass is 372 g/mol. The number of carbonyl (C=O) groups is 1. The quantitative estimate of drug-likeness (QED) is 0.790. The van der Waals surface area contributed by atoms with Gasteiger partial charge in [-0.1, -0.05) is 0 Å². The number of thioether (sulfide) groups is 1. The summed E-state index contributed by atoms with van der Waals surface area (Å²) in [6.07, 6.45) is 3.40. The Morgan fingerprint density at radius 2 is 2.12 bits per heavy atom. The summed E-state index contributed by atoms with van der Waals surface area (Å²) in [6, 6.07) is 1.65. The number of likely N-dealkylation sites (tertiary alicyclic amines) is 1. The van der Waals surface area contributed by atoms with E-state index in [1.165, 1.54) is 16.6 Å². The zero-order valence-electron chi connectivity index (χ0n) is 13.8. The van der Waals surface area contributed by atoms with Gasteiger partial charge in [0.1, 0.15) is 10.6 Å². The van der Waals surface area contributed by atoms with Crippen molar-refractivity contribution < 1.29 is 13.2 Å². The Hall–Kier alpha value is -1.03. The highest BCUT2D eigenvalue weighted by molar-refractivity contribution is 7.99. The van der Waals surface area contributed by atoms with Gasteiger partial charge in [-0.15, -0.1) is 0 Å². The first kappa shape index (κ1) is 17.8. The summed E-state index contributed by atoms with van der Waals surface area (Å²) in [5.41, 5.74) is 0.350. The standard InChI is InChI=1S/C15H24N4O3S2/c1-16-10-12-3-2-4-19(12)15(20)14-9-13(11-17-14)24(21,22)18-5-7-23-8-6-18/h9,11-12,16-17H,2-8,10H2,1H3. The van der Waals surface area contributed by atoms with Gasteiger partial charge in [-0.05, 0) is 26.0 Å². The van der Waals surface area contributed by atoms with Crippen LogP contribution in [0.1, 0.15) is 23.3 Å². The second kappa shape index (κ2) is 7.47. The summed E-state index contributed by atoms with van der Waals surface area (Å²) in [4.78, 5) is 17.6. The topological polar surface area (TPSA) is 85.5 Å². The number of H-pyrrole nitrogens is 1. The molecule has 0 aliphatic carbocycles.